The molecule has 8 nitrogen and oxygen atoms in total. The number of nitrogens with zero attached hydrogens (tertiary/aromatic N) is 2. The minimum absolute atomic E-state index is 0.0851. The van der Waals surface area contributed by atoms with Crippen LogP contribution in [0, 0.1) is 5.92 Å². The summed E-state index contributed by atoms with van der Waals surface area (Å²) in [5.41, 5.74) is 2.88. The van der Waals surface area contributed by atoms with Gasteiger partial charge in [-0.1, -0.05) is 34.1 Å². The van der Waals surface area contributed by atoms with E-state index in [4.69, 9.17) is 5.11 Å². The smallest absolute Gasteiger partial charge is 0.336 e. The molecular formula is C20H20BrN3O5S. The molecule has 1 saturated heterocycles. The van der Waals surface area contributed by atoms with Gasteiger partial charge in [-0.2, -0.15) is 9.41 Å². The van der Waals surface area contributed by atoms with Crippen LogP contribution in [0.15, 0.2) is 63.0 Å². The van der Waals surface area contributed by atoms with Crippen molar-refractivity contribution in [2.24, 2.45) is 11.0 Å². The van der Waals surface area contributed by atoms with Crippen molar-refractivity contribution in [1.29, 1.82) is 0 Å². The summed E-state index contributed by atoms with van der Waals surface area (Å²) < 4.78 is 27.6. The molecule has 0 aliphatic carbocycles. The fourth-order valence-corrected chi connectivity index (χ4v) is 4.91. The number of hydrogen-bond donors (Lipinski definition) is 2. The highest BCUT2D eigenvalue weighted by molar-refractivity contribution is 9.10. The average molecular weight is 494 g/mol. The average Bonchev–Trinajstić information content (AvgIpc) is 2.74. The number of carbonyl (C=O) groups is 2. The van der Waals surface area contributed by atoms with Gasteiger partial charge in [0.15, 0.2) is 0 Å². The van der Waals surface area contributed by atoms with Gasteiger partial charge in [0.05, 0.1) is 16.7 Å². The number of hydrazone groups is 1. The molecule has 0 saturated carbocycles. The quantitative estimate of drug-likeness (QED) is 0.473. The van der Waals surface area contributed by atoms with Crippen molar-refractivity contribution in [2.45, 2.75) is 17.7 Å². The van der Waals surface area contributed by atoms with Gasteiger partial charge >= 0.3 is 5.97 Å². The molecule has 30 heavy (non-hydrogen) atoms. The number of carboxylic acids is 1. The molecule has 0 bridgehead atoms. The maximum Gasteiger partial charge on any atom is 0.336 e. The molecule has 1 aliphatic heterocycles. The van der Waals surface area contributed by atoms with E-state index in [2.05, 4.69) is 26.5 Å². The van der Waals surface area contributed by atoms with Crippen molar-refractivity contribution in [3.05, 3.63) is 64.1 Å². The highest BCUT2D eigenvalue weighted by Crippen LogP contribution is 2.25. The Balaban J connectivity index is 1.57. The van der Waals surface area contributed by atoms with E-state index in [0.717, 1.165) is 4.47 Å². The van der Waals surface area contributed by atoms with Gasteiger partial charge in [-0.3, -0.25) is 4.79 Å². The van der Waals surface area contributed by atoms with E-state index in [-0.39, 0.29) is 35.4 Å². The molecule has 2 aromatic carbocycles. The Morgan fingerprint density at radius 1 is 1.10 bits per heavy atom. The molecule has 1 heterocycles. The van der Waals surface area contributed by atoms with Crippen LogP contribution in [0.2, 0.25) is 0 Å². The molecule has 158 valence electrons. The van der Waals surface area contributed by atoms with Crippen molar-refractivity contribution in [3.8, 4) is 0 Å². The third kappa shape index (κ3) is 5.13. The number of piperidine rings is 1. The van der Waals surface area contributed by atoms with Gasteiger partial charge in [0, 0.05) is 29.0 Å². The molecule has 1 amide bonds. The van der Waals surface area contributed by atoms with E-state index in [0.29, 0.717) is 18.4 Å². The van der Waals surface area contributed by atoms with Crippen LogP contribution in [0.25, 0.3) is 0 Å². The minimum atomic E-state index is -3.60. The monoisotopic (exact) mass is 493 g/mol. The Bertz CT molecular complexity index is 1060. The van der Waals surface area contributed by atoms with Gasteiger partial charge in [-0.05, 0) is 43.2 Å². The number of rotatable bonds is 6. The molecule has 1 fully saturated rings. The summed E-state index contributed by atoms with van der Waals surface area (Å²) in [6, 6.07) is 12.8. The summed E-state index contributed by atoms with van der Waals surface area (Å²) in [7, 11) is -3.60. The van der Waals surface area contributed by atoms with Gasteiger partial charge in [0.25, 0.3) is 0 Å². The Morgan fingerprint density at radius 3 is 2.37 bits per heavy atom. The predicted molar refractivity (Wildman–Crippen MR) is 115 cm³/mol. The third-order valence-electron chi connectivity index (χ3n) is 4.85. The lowest BCUT2D eigenvalue weighted by atomic mass is 9.98. The van der Waals surface area contributed by atoms with E-state index in [9.17, 15) is 18.0 Å². The minimum Gasteiger partial charge on any atom is -0.478 e. The number of aromatic carboxylic acids is 1. The lowest BCUT2D eigenvalue weighted by Crippen LogP contribution is -2.42. The number of sulfonamides is 1. The second kappa shape index (κ2) is 9.50. The highest BCUT2D eigenvalue weighted by Gasteiger charge is 2.32. The summed E-state index contributed by atoms with van der Waals surface area (Å²) in [6.45, 7) is 0.476. The first-order chi connectivity index (χ1) is 14.3. The number of nitrogens with one attached hydrogen (secondary N) is 1. The zero-order chi connectivity index (χ0) is 21.7. The topological polar surface area (TPSA) is 116 Å². The zero-order valence-corrected chi connectivity index (χ0v) is 18.3. The number of carbonyl (C=O) groups excluding carboxylic acids is 1. The molecule has 0 aromatic heterocycles. The second-order valence-corrected chi connectivity index (χ2v) is 9.61. The van der Waals surface area contributed by atoms with E-state index in [1.165, 1.54) is 16.6 Å². The molecular weight excluding hydrogens is 474 g/mol. The Hall–Kier alpha value is -2.56. The van der Waals surface area contributed by atoms with Crippen LogP contribution in [0.3, 0.4) is 0 Å². The first kappa shape index (κ1) is 22.1. The van der Waals surface area contributed by atoms with Crippen LogP contribution in [-0.2, 0) is 14.8 Å². The fraction of sp³-hybridized carbons (Fsp3) is 0.250. The van der Waals surface area contributed by atoms with Crippen LogP contribution in [0.4, 0.5) is 0 Å². The van der Waals surface area contributed by atoms with E-state index in [1.807, 2.05) is 0 Å². The fourth-order valence-electron chi connectivity index (χ4n) is 3.18. The first-order valence-corrected chi connectivity index (χ1v) is 11.4. The van der Waals surface area contributed by atoms with E-state index in [1.54, 1.807) is 42.5 Å². The molecule has 3 rings (SSSR count). The maximum atomic E-state index is 12.7. The maximum absolute atomic E-state index is 12.7. The van der Waals surface area contributed by atoms with Crippen molar-refractivity contribution in [3.63, 3.8) is 0 Å². The van der Waals surface area contributed by atoms with Crippen LogP contribution in [-0.4, -0.2) is 49.0 Å². The summed E-state index contributed by atoms with van der Waals surface area (Å²) >= 11 is 3.29. The second-order valence-electron chi connectivity index (χ2n) is 6.76. The summed E-state index contributed by atoms with van der Waals surface area (Å²) in [5.74, 6) is -1.77. The van der Waals surface area contributed by atoms with Crippen LogP contribution < -0.4 is 5.43 Å². The highest BCUT2D eigenvalue weighted by atomic mass is 79.9. The summed E-state index contributed by atoms with van der Waals surface area (Å²) in [4.78, 5) is 23.8. The van der Waals surface area contributed by atoms with Crippen LogP contribution in [0.5, 0.6) is 0 Å². The number of benzene rings is 2. The molecule has 1 aliphatic rings. The van der Waals surface area contributed by atoms with Crippen LogP contribution >= 0.6 is 15.9 Å². The van der Waals surface area contributed by atoms with Crippen LogP contribution in [0.1, 0.15) is 28.8 Å². The third-order valence-corrected chi connectivity index (χ3v) is 7.29. The van der Waals surface area contributed by atoms with Gasteiger partial charge in [0.1, 0.15) is 0 Å². The molecule has 0 unspecified atom stereocenters. The van der Waals surface area contributed by atoms with Crippen molar-refractivity contribution < 1.29 is 23.1 Å². The van der Waals surface area contributed by atoms with Crippen molar-refractivity contribution in [1.82, 2.24) is 9.73 Å². The van der Waals surface area contributed by atoms with Crippen molar-refractivity contribution >= 4 is 44.0 Å². The predicted octanol–water partition coefficient (Wildman–Crippen LogP) is 2.70. The van der Waals surface area contributed by atoms with Crippen molar-refractivity contribution in [2.75, 3.05) is 13.1 Å². The Labute approximate surface area is 182 Å². The lowest BCUT2D eigenvalue weighted by molar-refractivity contribution is -0.126. The SMILES string of the molecule is O=C(O)c1ccccc1/C=N\NC(=O)C1CCN(S(=O)(=O)c2ccc(Br)cc2)CC1. The van der Waals surface area contributed by atoms with Gasteiger partial charge in [-0.25, -0.2) is 18.6 Å². The molecule has 2 aromatic rings. The van der Waals surface area contributed by atoms with Gasteiger partial charge in [0.2, 0.25) is 15.9 Å². The largest absolute Gasteiger partial charge is 0.478 e. The summed E-state index contributed by atoms with van der Waals surface area (Å²) in [5, 5.41) is 13.0. The molecule has 2 N–H and O–H groups in total. The molecule has 10 heteroatoms. The molecule has 0 spiro atoms. The standard InChI is InChI=1S/C20H20BrN3O5S/c21-16-5-7-17(8-6-16)30(28,29)24-11-9-14(10-12-24)19(25)23-22-13-15-3-1-2-4-18(15)20(26)27/h1-8,13-14H,9-12H2,(H,23,25)(H,26,27)/b22-13-. The Morgan fingerprint density at radius 2 is 1.73 bits per heavy atom. The number of carboxylic acid groups (broad SMARTS) is 1. The number of hydrogen-bond acceptors (Lipinski definition) is 5. The zero-order valence-electron chi connectivity index (χ0n) is 15.9. The lowest BCUT2D eigenvalue weighted by Gasteiger charge is -2.30. The van der Waals surface area contributed by atoms with Gasteiger partial charge in [-0.15, -0.1) is 0 Å². The van der Waals surface area contributed by atoms with Gasteiger partial charge < -0.3 is 5.11 Å². The molecule has 0 radical (unpaired) electrons. The Kier molecular flexibility index (Phi) is 7.01. The van der Waals surface area contributed by atoms with E-state index < -0.39 is 16.0 Å². The normalized spacial score (nSPS) is 15.9. The number of amides is 1. The first-order valence-electron chi connectivity index (χ1n) is 9.20. The molecule has 0 atom stereocenters. The summed E-state index contributed by atoms with van der Waals surface area (Å²) in [6.07, 6.45) is 2.04. The van der Waals surface area contributed by atoms with E-state index >= 15 is 0 Å². The number of halogens is 1.